The summed E-state index contributed by atoms with van der Waals surface area (Å²) in [6.07, 6.45) is 3.60. The Labute approximate surface area is 112 Å². The number of carbonyl (C=O) groups is 3. The van der Waals surface area contributed by atoms with Gasteiger partial charge in [0, 0.05) is 6.42 Å². The molecule has 1 aliphatic carbocycles. The van der Waals surface area contributed by atoms with Crippen LogP contribution in [-0.4, -0.2) is 36.1 Å². The second-order valence-electron chi connectivity index (χ2n) is 5.04. The van der Waals surface area contributed by atoms with Gasteiger partial charge in [-0.15, -0.1) is 0 Å². The highest BCUT2D eigenvalue weighted by Crippen LogP contribution is 2.43. The largest absolute Gasteiger partial charge is 0.481 e. The van der Waals surface area contributed by atoms with Gasteiger partial charge >= 0.3 is 11.9 Å². The number of aliphatic carboxylic acids is 1. The number of hydrogen-bond acceptors (Lipinski definition) is 4. The summed E-state index contributed by atoms with van der Waals surface area (Å²) in [4.78, 5) is 33.8. The molecule has 0 saturated heterocycles. The lowest BCUT2D eigenvalue weighted by atomic mass is 9.79. The van der Waals surface area contributed by atoms with Gasteiger partial charge in [0.15, 0.2) is 0 Å². The Hall–Kier alpha value is -1.59. The summed E-state index contributed by atoms with van der Waals surface area (Å²) >= 11 is 0. The van der Waals surface area contributed by atoms with E-state index in [0.29, 0.717) is 0 Å². The molecule has 6 heteroatoms. The van der Waals surface area contributed by atoms with Crippen LogP contribution in [0.25, 0.3) is 0 Å². The highest BCUT2D eigenvalue weighted by molar-refractivity contribution is 5.82. The van der Waals surface area contributed by atoms with Gasteiger partial charge < -0.3 is 15.2 Å². The summed E-state index contributed by atoms with van der Waals surface area (Å²) < 4.78 is 4.70. The van der Waals surface area contributed by atoms with Gasteiger partial charge in [-0.2, -0.15) is 0 Å². The lowest BCUT2D eigenvalue weighted by Crippen LogP contribution is -2.35. The van der Waals surface area contributed by atoms with E-state index in [0.717, 1.165) is 25.7 Å². The summed E-state index contributed by atoms with van der Waals surface area (Å²) in [7, 11) is 0. The average Bonchev–Trinajstić information content (AvgIpc) is 2.74. The maximum atomic E-state index is 11.8. The number of esters is 1. The Morgan fingerprint density at radius 2 is 1.84 bits per heavy atom. The van der Waals surface area contributed by atoms with E-state index in [9.17, 15) is 14.4 Å². The first-order valence-electron chi connectivity index (χ1n) is 6.61. The zero-order valence-electron chi connectivity index (χ0n) is 11.2. The molecule has 1 fully saturated rings. The third kappa shape index (κ3) is 5.28. The topological polar surface area (TPSA) is 92.7 Å². The summed E-state index contributed by atoms with van der Waals surface area (Å²) in [5.74, 6) is -1.63. The molecule has 2 N–H and O–H groups in total. The molecule has 0 aromatic heterocycles. The second-order valence-corrected chi connectivity index (χ2v) is 5.04. The molecule has 108 valence electrons. The van der Waals surface area contributed by atoms with Crippen molar-refractivity contribution in [1.82, 2.24) is 5.32 Å². The lowest BCUT2D eigenvalue weighted by molar-refractivity contribution is -0.144. The van der Waals surface area contributed by atoms with Gasteiger partial charge in [-0.05, 0) is 25.2 Å². The molecule has 0 spiro atoms. The molecule has 19 heavy (non-hydrogen) atoms. The third-order valence-electron chi connectivity index (χ3n) is 3.46. The van der Waals surface area contributed by atoms with Gasteiger partial charge in [-0.1, -0.05) is 12.8 Å². The normalized spacial score (nSPS) is 16.9. The smallest absolute Gasteiger partial charge is 0.325 e. The summed E-state index contributed by atoms with van der Waals surface area (Å²) in [5.41, 5.74) is -0.440. The molecule has 1 saturated carbocycles. The van der Waals surface area contributed by atoms with Crippen molar-refractivity contribution < 1.29 is 24.2 Å². The predicted molar refractivity (Wildman–Crippen MR) is 67.4 cm³/mol. The van der Waals surface area contributed by atoms with Gasteiger partial charge in [0.2, 0.25) is 5.91 Å². The van der Waals surface area contributed by atoms with Gasteiger partial charge in [0.05, 0.1) is 13.0 Å². The monoisotopic (exact) mass is 271 g/mol. The fourth-order valence-corrected chi connectivity index (χ4v) is 2.65. The van der Waals surface area contributed by atoms with Crippen LogP contribution in [0.15, 0.2) is 0 Å². The van der Waals surface area contributed by atoms with Crippen LogP contribution >= 0.6 is 0 Å². The van der Waals surface area contributed by atoms with Crippen molar-refractivity contribution in [1.29, 1.82) is 0 Å². The minimum absolute atomic E-state index is 0.0137. The zero-order chi connectivity index (χ0) is 14.3. The number of carbonyl (C=O) groups excluding carboxylic acids is 2. The maximum absolute atomic E-state index is 11.8. The Morgan fingerprint density at radius 1 is 1.21 bits per heavy atom. The molecule has 0 heterocycles. The van der Waals surface area contributed by atoms with E-state index in [1.165, 1.54) is 0 Å². The minimum Gasteiger partial charge on any atom is -0.481 e. The van der Waals surface area contributed by atoms with Crippen LogP contribution in [0.1, 0.15) is 45.4 Å². The highest BCUT2D eigenvalue weighted by atomic mass is 16.5. The fourth-order valence-electron chi connectivity index (χ4n) is 2.65. The molecule has 0 unspecified atom stereocenters. The number of rotatable bonds is 7. The van der Waals surface area contributed by atoms with Crippen LogP contribution in [0.3, 0.4) is 0 Å². The van der Waals surface area contributed by atoms with Crippen molar-refractivity contribution in [2.45, 2.75) is 45.4 Å². The average molecular weight is 271 g/mol. The molecule has 6 nitrogen and oxygen atoms in total. The SMILES string of the molecule is CCOC(=O)CNC(=O)CC1(CC(=O)O)CCCC1. The van der Waals surface area contributed by atoms with Crippen LogP contribution in [0, 0.1) is 5.41 Å². The number of carboxylic acid groups (broad SMARTS) is 1. The molecular formula is C13H21NO5. The van der Waals surface area contributed by atoms with Crippen molar-refractivity contribution in [2.75, 3.05) is 13.2 Å². The second kappa shape index (κ2) is 7.11. The number of nitrogens with one attached hydrogen (secondary N) is 1. The first kappa shape index (κ1) is 15.5. The molecule has 0 radical (unpaired) electrons. The minimum atomic E-state index is -0.875. The Kier molecular flexibility index (Phi) is 5.79. The van der Waals surface area contributed by atoms with Crippen molar-refractivity contribution >= 4 is 17.8 Å². The Morgan fingerprint density at radius 3 is 2.37 bits per heavy atom. The summed E-state index contributed by atoms with van der Waals surface area (Å²) in [6, 6.07) is 0. The Bertz CT molecular complexity index is 347. The number of ether oxygens (including phenoxy) is 1. The molecule has 0 aromatic rings. The van der Waals surface area contributed by atoms with Crippen molar-refractivity contribution in [3.63, 3.8) is 0 Å². The molecule has 0 bridgehead atoms. The molecule has 0 aromatic carbocycles. The molecule has 1 rings (SSSR count). The quantitative estimate of drug-likeness (QED) is 0.676. The molecule has 1 aliphatic rings. The number of amides is 1. The fraction of sp³-hybridized carbons (Fsp3) is 0.769. The number of hydrogen-bond donors (Lipinski definition) is 2. The third-order valence-corrected chi connectivity index (χ3v) is 3.46. The van der Waals surface area contributed by atoms with Gasteiger partial charge in [-0.3, -0.25) is 14.4 Å². The zero-order valence-corrected chi connectivity index (χ0v) is 11.2. The van der Waals surface area contributed by atoms with Crippen molar-refractivity contribution in [2.24, 2.45) is 5.41 Å². The van der Waals surface area contributed by atoms with E-state index in [2.05, 4.69) is 5.32 Å². The van der Waals surface area contributed by atoms with Crippen LogP contribution < -0.4 is 5.32 Å². The van der Waals surface area contributed by atoms with Crippen LogP contribution in [0.5, 0.6) is 0 Å². The van der Waals surface area contributed by atoms with E-state index in [1.54, 1.807) is 6.92 Å². The molecule has 0 atom stereocenters. The van der Waals surface area contributed by atoms with Crippen LogP contribution in [0.2, 0.25) is 0 Å². The van der Waals surface area contributed by atoms with Gasteiger partial charge in [0.25, 0.3) is 0 Å². The van der Waals surface area contributed by atoms with E-state index in [4.69, 9.17) is 9.84 Å². The Balaban J connectivity index is 2.44. The lowest BCUT2D eigenvalue weighted by Gasteiger charge is -2.26. The summed E-state index contributed by atoms with van der Waals surface area (Å²) in [6.45, 7) is 1.81. The van der Waals surface area contributed by atoms with Crippen LogP contribution in [-0.2, 0) is 19.1 Å². The van der Waals surface area contributed by atoms with E-state index < -0.39 is 17.4 Å². The van der Waals surface area contributed by atoms with Gasteiger partial charge in [0.1, 0.15) is 6.54 Å². The predicted octanol–water partition coefficient (Wildman–Crippen LogP) is 1.09. The molecular weight excluding hydrogens is 250 g/mol. The molecule has 0 aliphatic heterocycles. The van der Waals surface area contributed by atoms with E-state index >= 15 is 0 Å². The first-order chi connectivity index (χ1) is 8.97. The molecule has 1 amide bonds. The van der Waals surface area contributed by atoms with Crippen LogP contribution in [0.4, 0.5) is 0 Å². The highest BCUT2D eigenvalue weighted by Gasteiger charge is 2.37. The first-order valence-corrected chi connectivity index (χ1v) is 6.61. The van der Waals surface area contributed by atoms with Gasteiger partial charge in [-0.25, -0.2) is 0 Å². The van der Waals surface area contributed by atoms with Crippen molar-refractivity contribution in [3.8, 4) is 0 Å². The maximum Gasteiger partial charge on any atom is 0.325 e. The van der Waals surface area contributed by atoms with E-state index in [-0.39, 0.29) is 31.9 Å². The standard InChI is InChI=1S/C13H21NO5/c1-2-19-12(18)9-14-10(15)7-13(8-11(16)17)5-3-4-6-13/h2-9H2,1H3,(H,14,15)(H,16,17). The van der Waals surface area contributed by atoms with Crippen molar-refractivity contribution in [3.05, 3.63) is 0 Å². The summed E-state index contributed by atoms with van der Waals surface area (Å²) in [5, 5.41) is 11.4. The number of carboxylic acids is 1. The van der Waals surface area contributed by atoms with E-state index in [1.807, 2.05) is 0 Å².